The first-order chi connectivity index (χ1) is 5.24. The molecule has 1 aliphatic rings. The van der Waals surface area contributed by atoms with Crippen molar-refractivity contribution in [1.82, 2.24) is 0 Å². The number of hydrogen-bond donors (Lipinski definition) is 1. The van der Waals surface area contributed by atoms with E-state index in [0.717, 1.165) is 6.42 Å². The molecule has 11 heavy (non-hydrogen) atoms. The molecule has 1 N–H and O–H groups in total. The summed E-state index contributed by atoms with van der Waals surface area (Å²) in [6, 6.07) is 0. The van der Waals surface area contributed by atoms with Crippen LogP contribution >= 0.6 is 0 Å². The van der Waals surface area contributed by atoms with Crippen molar-refractivity contribution in [2.45, 2.75) is 19.8 Å². The number of aliphatic carboxylic acids is 1. The van der Waals surface area contributed by atoms with Crippen molar-refractivity contribution in [2.75, 3.05) is 0 Å². The van der Waals surface area contributed by atoms with E-state index in [1.165, 1.54) is 5.57 Å². The second-order valence-electron chi connectivity index (χ2n) is 2.67. The Morgan fingerprint density at radius 1 is 1.82 bits per heavy atom. The molecule has 2 heteroatoms. The van der Waals surface area contributed by atoms with Crippen LogP contribution in [0.5, 0.6) is 0 Å². The number of rotatable bonds is 2. The van der Waals surface area contributed by atoms with Crippen molar-refractivity contribution in [3.63, 3.8) is 0 Å². The van der Waals surface area contributed by atoms with Crippen LogP contribution < -0.4 is 0 Å². The standard InChI is InChI=1S/C9H12O2/c1-2-7-3-5-8(6-4-7)9(10)11/h3-5,8H,2,6H2,1H3,(H,10,11). The minimum Gasteiger partial charge on any atom is -0.481 e. The molecule has 0 spiro atoms. The average Bonchev–Trinajstić information content (AvgIpc) is 2.05. The second kappa shape index (κ2) is 3.37. The van der Waals surface area contributed by atoms with Crippen LogP contribution in [0.4, 0.5) is 0 Å². The lowest BCUT2D eigenvalue weighted by Gasteiger charge is -2.10. The van der Waals surface area contributed by atoms with E-state index in [9.17, 15) is 4.79 Å². The lowest BCUT2D eigenvalue weighted by Crippen LogP contribution is -2.11. The quantitative estimate of drug-likeness (QED) is 0.657. The van der Waals surface area contributed by atoms with Gasteiger partial charge >= 0.3 is 5.97 Å². The van der Waals surface area contributed by atoms with Gasteiger partial charge in [0, 0.05) is 0 Å². The number of carboxylic acid groups (broad SMARTS) is 1. The smallest absolute Gasteiger partial charge is 0.310 e. The Labute approximate surface area is 66.2 Å². The first-order valence-corrected chi connectivity index (χ1v) is 3.84. The van der Waals surface area contributed by atoms with E-state index in [4.69, 9.17) is 5.11 Å². The summed E-state index contributed by atoms with van der Waals surface area (Å²) in [5.41, 5.74) is 1.24. The highest BCUT2D eigenvalue weighted by Gasteiger charge is 2.14. The molecule has 0 aromatic heterocycles. The SMILES string of the molecule is CCC1=CCC(C(=O)O)C=C1. The summed E-state index contributed by atoms with van der Waals surface area (Å²) in [5.74, 6) is -1.03. The maximum absolute atomic E-state index is 10.5. The Morgan fingerprint density at radius 2 is 2.55 bits per heavy atom. The Morgan fingerprint density at radius 3 is 2.91 bits per heavy atom. The molecule has 0 aromatic rings. The summed E-state index contributed by atoms with van der Waals surface area (Å²) < 4.78 is 0. The van der Waals surface area contributed by atoms with E-state index in [-0.39, 0.29) is 5.92 Å². The molecule has 0 heterocycles. The zero-order valence-corrected chi connectivity index (χ0v) is 6.58. The van der Waals surface area contributed by atoms with E-state index >= 15 is 0 Å². The van der Waals surface area contributed by atoms with Gasteiger partial charge < -0.3 is 5.11 Å². The van der Waals surface area contributed by atoms with Crippen molar-refractivity contribution in [1.29, 1.82) is 0 Å². The van der Waals surface area contributed by atoms with Crippen LogP contribution in [-0.2, 0) is 4.79 Å². The van der Waals surface area contributed by atoms with Gasteiger partial charge in [0.25, 0.3) is 0 Å². The predicted molar refractivity (Wildman–Crippen MR) is 43.3 cm³/mol. The molecule has 1 unspecified atom stereocenters. The fourth-order valence-electron chi connectivity index (χ4n) is 1.11. The minimum absolute atomic E-state index is 0.301. The lowest BCUT2D eigenvalue weighted by molar-refractivity contribution is -0.139. The minimum atomic E-state index is -0.729. The lowest BCUT2D eigenvalue weighted by atomic mass is 9.96. The fourth-order valence-corrected chi connectivity index (χ4v) is 1.11. The molecule has 1 atom stereocenters. The third kappa shape index (κ3) is 1.93. The van der Waals surface area contributed by atoms with Crippen molar-refractivity contribution >= 4 is 5.97 Å². The molecular formula is C9H12O2. The number of hydrogen-bond acceptors (Lipinski definition) is 1. The van der Waals surface area contributed by atoms with Gasteiger partial charge in [0.1, 0.15) is 0 Å². The van der Waals surface area contributed by atoms with Crippen molar-refractivity contribution in [3.8, 4) is 0 Å². The van der Waals surface area contributed by atoms with Crippen LogP contribution in [0.25, 0.3) is 0 Å². The van der Waals surface area contributed by atoms with E-state index in [0.29, 0.717) is 6.42 Å². The number of carbonyl (C=O) groups is 1. The van der Waals surface area contributed by atoms with Crippen LogP contribution in [0.15, 0.2) is 23.8 Å². The van der Waals surface area contributed by atoms with E-state index < -0.39 is 5.97 Å². The molecule has 0 radical (unpaired) electrons. The molecule has 0 fully saturated rings. The van der Waals surface area contributed by atoms with Crippen LogP contribution in [0.2, 0.25) is 0 Å². The van der Waals surface area contributed by atoms with Crippen LogP contribution in [0.3, 0.4) is 0 Å². The normalized spacial score (nSPS) is 23.0. The van der Waals surface area contributed by atoms with Crippen LogP contribution in [-0.4, -0.2) is 11.1 Å². The maximum atomic E-state index is 10.5. The molecule has 0 saturated carbocycles. The highest BCUT2D eigenvalue weighted by Crippen LogP contribution is 2.17. The monoisotopic (exact) mass is 152 g/mol. The molecule has 0 saturated heterocycles. The zero-order chi connectivity index (χ0) is 8.27. The summed E-state index contributed by atoms with van der Waals surface area (Å²) in [4.78, 5) is 10.5. The molecule has 0 aliphatic heterocycles. The van der Waals surface area contributed by atoms with Gasteiger partial charge in [0.15, 0.2) is 0 Å². The van der Waals surface area contributed by atoms with E-state index in [1.807, 2.05) is 12.2 Å². The highest BCUT2D eigenvalue weighted by molar-refractivity contribution is 5.73. The summed E-state index contributed by atoms with van der Waals surface area (Å²) in [5, 5.41) is 8.62. The molecule has 1 aliphatic carbocycles. The van der Waals surface area contributed by atoms with Gasteiger partial charge in [-0.3, -0.25) is 4.79 Å². The van der Waals surface area contributed by atoms with Crippen molar-refractivity contribution in [3.05, 3.63) is 23.8 Å². The van der Waals surface area contributed by atoms with Crippen molar-refractivity contribution < 1.29 is 9.90 Å². The second-order valence-corrected chi connectivity index (χ2v) is 2.67. The molecule has 0 amide bonds. The van der Waals surface area contributed by atoms with Gasteiger partial charge in [0.05, 0.1) is 5.92 Å². The zero-order valence-electron chi connectivity index (χ0n) is 6.58. The van der Waals surface area contributed by atoms with Gasteiger partial charge in [-0.2, -0.15) is 0 Å². The first-order valence-electron chi connectivity index (χ1n) is 3.84. The summed E-state index contributed by atoms with van der Waals surface area (Å²) in [6.07, 6.45) is 7.31. The summed E-state index contributed by atoms with van der Waals surface area (Å²) in [6.45, 7) is 2.07. The summed E-state index contributed by atoms with van der Waals surface area (Å²) >= 11 is 0. The molecule has 0 aromatic carbocycles. The fraction of sp³-hybridized carbons (Fsp3) is 0.444. The Bertz CT molecular complexity index is 214. The molecule has 0 bridgehead atoms. The van der Waals surface area contributed by atoms with Crippen LogP contribution in [0, 0.1) is 5.92 Å². The van der Waals surface area contributed by atoms with Gasteiger partial charge in [0.2, 0.25) is 0 Å². The number of allylic oxidation sites excluding steroid dienone is 3. The number of carboxylic acids is 1. The van der Waals surface area contributed by atoms with Gasteiger partial charge in [-0.05, 0) is 12.8 Å². The van der Waals surface area contributed by atoms with Gasteiger partial charge in [-0.1, -0.05) is 30.7 Å². The Hall–Kier alpha value is -1.05. The highest BCUT2D eigenvalue weighted by atomic mass is 16.4. The Kier molecular flexibility index (Phi) is 2.47. The average molecular weight is 152 g/mol. The molecule has 2 nitrogen and oxygen atoms in total. The van der Waals surface area contributed by atoms with Gasteiger partial charge in [-0.25, -0.2) is 0 Å². The third-order valence-corrected chi connectivity index (χ3v) is 1.90. The molecule has 60 valence electrons. The topological polar surface area (TPSA) is 37.3 Å². The largest absolute Gasteiger partial charge is 0.481 e. The first kappa shape index (κ1) is 8.05. The van der Waals surface area contributed by atoms with Crippen LogP contribution in [0.1, 0.15) is 19.8 Å². The van der Waals surface area contributed by atoms with E-state index in [1.54, 1.807) is 6.08 Å². The van der Waals surface area contributed by atoms with Crippen molar-refractivity contribution in [2.24, 2.45) is 5.92 Å². The predicted octanol–water partition coefficient (Wildman–Crippen LogP) is 1.98. The third-order valence-electron chi connectivity index (χ3n) is 1.90. The molecule has 1 rings (SSSR count). The molecular weight excluding hydrogens is 140 g/mol. The Balaban J connectivity index is 2.57. The van der Waals surface area contributed by atoms with Gasteiger partial charge in [-0.15, -0.1) is 0 Å². The maximum Gasteiger partial charge on any atom is 0.310 e. The summed E-state index contributed by atoms with van der Waals surface area (Å²) in [7, 11) is 0. The van der Waals surface area contributed by atoms with E-state index in [2.05, 4.69) is 6.92 Å².